The second-order valence-electron chi connectivity index (χ2n) is 8.94. The van der Waals surface area contributed by atoms with Crippen molar-refractivity contribution in [1.29, 1.82) is 0 Å². The molecule has 1 aliphatic heterocycles. The molecule has 188 valence electrons. The van der Waals surface area contributed by atoms with Crippen LogP contribution in [0.4, 0.5) is 0 Å². The summed E-state index contributed by atoms with van der Waals surface area (Å²) >= 11 is 6.91. The number of benzene rings is 2. The number of hydrogen-bond acceptors (Lipinski definition) is 5. The van der Waals surface area contributed by atoms with Crippen LogP contribution >= 0.6 is 24.0 Å². The standard InChI is InChI=1S/C29H33N3O2S2/c1-4-6-11-16-31-28(33)26(36-29(31)35)19-23-20-32(24-12-9-8-10-13-24)30-27(23)22-14-15-25(21(3)18-22)34-17-7-5-2/h8-10,12-15,18-20H,4-7,11,16-17H2,1-3H3. The fraction of sp³-hybridized carbons (Fsp3) is 0.345. The first kappa shape index (κ1) is 26.2. The summed E-state index contributed by atoms with van der Waals surface area (Å²) < 4.78 is 8.45. The van der Waals surface area contributed by atoms with Crippen molar-refractivity contribution in [2.75, 3.05) is 13.2 Å². The summed E-state index contributed by atoms with van der Waals surface area (Å²) in [7, 11) is 0. The predicted molar refractivity (Wildman–Crippen MR) is 154 cm³/mol. The van der Waals surface area contributed by atoms with E-state index >= 15 is 0 Å². The lowest BCUT2D eigenvalue weighted by atomic mass is 10.0. The molecule has 1 fully saturated rings. The Balaban J connectivity index is 1.69. The molecule has 1 saturated heterocycles. The van der Waals surface area contributed by atoms with Crippen molar-refractivity contribution in [3.63, 3.8) is 0 Å². The van der Waals surface area contributed by atoms with Gasteiger partial charge in [0.05, 0.1) is 17.2 Å². The summed E-state index contributed by atoms with van der Waals surface area (Å²) in [5.41, 5.74) is 4.70. The molecule has 0 atom stereocenters. The van der Waals surface area contributed by atoms with Crippen molar-refractivity contribution < 1.29 is 9.53 Å². The third kappa shape index (κ3) is 6.08. The van der Waals surface area contributed by atoms with E-state index in [0.29, 0.717) is 22.4 Å². The maximum atomic E-state index is 13.2. The van der Waals surface area contributed by atoms with Gasteiger partial charge in [-0.15, -0.1) is 0 Å². The maximum absolute atomic E-state index is 13.2. The van der Waals surface area contributed by atoms with Gasteiger partial charge in [-0.25, -0.2) is 4.68 Å². The molecule has 4 rings (SSSR count). The lowest BCUT2D eigenvalue weighted by molar-refractivity contribution is -0.122. The highest BCUT2D eigenvalue weighted by atomic mass is 32.2. The lowest BCUT2D eigenvalue weighted by Crippen LogP contribution is -2.28. The predicted octanol–water partition coefficient (Wildman–Crippen LogP) is 7.42. The lowest BCUT2D eigenvalue weighted by Gasteiger charge is -2.13. The number of carbonyl (C=O) groups is 1. The van der Waals surface area contributed by atoms with Crippen molar-refractivity contribution in [1.82, 2.24) is 14.7 Å². The maximum Gasteiger partial charge on any atom is 0.266 e. The number of thiocarbonyl (C=S) groups is 1. The average Bonchev–Trinajstić information content (AvgIpc) is 3.42. The second kappa shape index (κ2) is 12.4. The Bertz CT molecular complexity index is 1250. The quantitative estimate of drug-likeness (QED) is 0.150. The number of hydrogen-bond donors (Lipinski definition) is 0. The first-order valence-electron chi connectivity index (χ1n) is 12.7. The smallest absolute Gasteiger partial charge is 0.266 e. The number of rotatable bonds is 11. The van der Waals surface area contributed by atoms with Crippen LogP contribution in [0.25, 0.3) is 23.0 Å². The van der Waals surface area contributed by atoms with Crippen LogP contribution in [0.1, 0.15) is 57.1 Å². The van der Waals surface area contributed by atoms with E-state index in [0.717, 1.165) is 65.9 Å². The number of nitrogens with zero attached hydrogens (tertiary/aromatic N) is 3. The van der Waals surface area contributed by atoms with Crippen LogP contribution in [0.15, 0.2) is 59.6 Å². The Kier molecular flexibility index (Phi) is 8.99. The van der Waals surface area contributed by atoms with E-state index in [2.05, 4.69) is 26.8 Å². The van der Waals surface area contributed by atoms with Gasteiger partial charge < -0.3 is 4.74 Å². The monoisotopic (exact) mass is 519 g/mol. The molecular formula is C29H33N3O2S2. The Morgan fingerprint density at radius 1 is 1.06 bits per heavy atom. The summed E-state index contributed by atoms with van der Waals surface area (Å²) in [6.45, 7) is 7.75. The summed E-state index contributed by atoms with van der Waals surface area (Å²) in [4.78, 5) is 15.5. The average molecular weight is 520 g/mol. The molecule has 0 bridgehead atoms. The minimum Gasteiger partial charge on any atom is -0.493 e. The zero-order valence-electron chi connectivity index (χ0n) is 21.2. The molecule has 2 aromatic carbocycles. The number of unbranched alkanes of at least 4 members (excludes halogenated alkanes) is 3. The fourth-order valence-electron chi connectivity index (χ4n) is 4.07. The topological polar surface area (TPSA) is 47.4 Å². The number of para-hydroxylation sites is 1. The number of aromatic nitrogens is 2. The van der Waals surface area contributed by atoms with Gasteiger partial charge in [-0.1, -0.05) is 75.3 Å². The molecule has 0 saturated carbocycles. The van der Waals surface area contributed by atoms with Gasteiger partial charge in [-0.2, -0.15) is 5.10 Å². The highest BCUT2D eigenvalue weighted by molar-refractivity contribution is 8.26. The van der Waals surface area contributed by atoms with Gasteiger partial charge in [0, 0.05) is 23.9 Å². The van der Waals surface area contributed by atoms with E-state index in [-0.39, 0.29) is 5.91 Å². The van der Waals surface area contributed by atoms with E-state index in [1.165, 1.54) is 11.8 Å². The number of ether oxygens (including phenoxy) is 1. The van der Waals surface area contributed by atoms with Crippen molar-refractivity contribution >= 4 is 40.3 Å². The van der Waals surface area contributed by atoms with Crippen molar-refractivity contribution in [2.45, 2.75) is 52.9 Å². The van der Waals surface area contributed by atoms with Gasteiger partial charge in [0.2, 0.25) is 0 Å². The van der Waals surface area contributed by atoms with Gasteiger partial charge in [-0.3, -0.25) is 9.69 Å². The molecule has 7 heteroatoms. The Morgan fingerprint density at radius 3 is 2.56 bits per heavy atom. The van der Waals surface area contributed by atoms with E-state index in [4.69, 9.17) is 22.1 Å². The molecule has 3 aromatic rings. The van der Waals surface area contributed by atoms with Crippen LogP contribution in [-0.2, 0) is 4.79 Å². The van der Waals surface area contributed by atoms with Crippen LogP contribution in [0.2, 0.25) is 0 Å². The largest absolute Gasteiger partial charge is 0.493 e. The molecular weight excluding hydrogens is 486 g/mol. The third-order valence-electron chi connectivity index (χ3n) is 6.11. The van der Waals surface area contributed by atoms with Gasteiger partial charge >= 0.3 is 0 Å². The van der Waals surface area contributed by atoms with Gasteiger partial charge in [0.25, 0.3) is 5.91 Å². The first-order chi connectivity index (χ1) is 17.5. The molecule has 0 N–H and O–H groups in total. The van der Waals surface area contributed by atoms with E-state index < -0.39 is 0 Å². The highest BCUT2D eigenvalue weighted by Gasteiger charge is 2.32. The zero-order chi connectivity index (χ0) is 25.5. The molecule has 36 heavy (non-hydrogen) atoms. The molecule has 2 heterocycles. The van der Waals surface area contributed by atoms with Gasteiger partial charge in [0.1, 0.15) is 15.8 Å². The Hall–Kier alpha value is -2.90. The van der Waals surface area contributed by atoms with Crippen molar-refractivity contribution in [2.24, 2.45) is 0 Å². The molecule has 1 aliphatic rings. The van der Waals surface area contributed by atoms with Crippen LogP contribution in [0.5, 0.6) is 5.75 Å². The number of carbonyl (C=O) groups excluding carboxylic acids is 1. The zero-order valence-corrected chi connectivity index (χ0v) is 22.8. The first-order valence-corrected chi connectivity index (χ1v) is 13.9. The molecule has 1 amide bonds. The van der Waals surface area contributed by atoms with Gasteiger partial charge in [0.15, 0.2) is 0 Å². The third-order valence-corrected chi connectivity index (χ3v) is 7.49. The number of amides is 1. The SMILES string of the molecule is CCCCCN1C(=O)C(=Cc2cn(-c3ccccc3)nc2-c2ccc(OCCCC)c(C)c2)SC1=S. The van der Waals surface area contributed by atoms with Crippen molar-refractivity contribution in [3.8, 4) is 22.7 Å². The number of aryl methyl sites for hydroxylation is 1. The van der Waals surface area contributed by atoms with Crippen LogP contribution in [0, 0.1) is 6.92 Å². The molecule has 0 radical (unpaired) electrons. The summed E-state index contributed by atoms with van der Waals surface area (Å²) in [6.07, 6.45) is 9.19. The minimum atomic E-state index is -0.0182. The fourth-order valence-corrected chi connectivity index (χ4v) is 5.37. The second-order valence-corrected chi connectivity index (χ2v) is 10.6. The molecule has 0 unspecified atom stereocenters. The summed E-state index contributed by atoms with van der Waals surface area (Å²) in [5, 5.41) is 4.93. The molecule has 1 aromatic heterocycles. The van der Waals surface area contributed by atoms with Crippen molar-refractivity contribution in [3.05, 3.63) is 70.8 Å². The summed E-state index contributed by atoms with van der Waals surface area (Å²) in [5.74, 6) is 0.875. The number of thioether (sulfide) groups is 1. The highest BCUT2D eigenvalue weighted by Crippen LogP contribution is 2.36. The summed E-state index contributed by atoms with van der Waals surface area (Å²) in [6, 6.07) is 16.2. The van der Waals surface area contributed by atoms with E-state index in [1.807, 2.05) is 59.4 Å². The molecule has 0 aliphatic carbocycles. The Morgan fingerprint density at radius 2 is 1.83 bits per heavy atom. The molecule has 0 spiro atoms. The van der Waals surface area contributed by atoms with Gasteiger partial charge in [-0.05, 0) is 61.7 Å². The molecule has 5 nitrogen and oxygen atoms in total. The Labute approximate surface area is 223 Å². The van der Waals surface area contributed by atoms with Crippen LogP contribution in [0.3, 0.4) is 0 Å². The van der Waals surface area contributed by atoms with Crippen LogP contribution in [-0.4, -0.2) is 38.1 Å². The van der Waals surface area contributed by atoms with Crippen LogP contribution < -0.4 is 4.74 Å². The van der Waals surface area contributed by atoms with E-state index in [9.17, 15) is 4.79 Å². The normalized spacial score (nSPS) is 14.8. The van der Waals surface area contributed by atoms with E-state index in [1.54, 1.807) is 4.90 Å². The minimum absolute atomic E-state index is 0.0182.